The minimum Gasteiger partial charge on any atom is -0.494 e. The zero-order valence-corrected chi connectivity index (χ0v) is 8.45. The summed E-state index contributed by atoms with van der Waals surface area (Å²) in [5.41, 5.74) is 0.261. The van der Waals surface area contributed by atoms with Crippen LogP contribution in [0.4, 0.5) is 13.2 Å². The number of benzene rings is 1. The molecule has 1 aromatic heterocycles. The van der Waals surface area contributed by atoms with Gasteiger partial charge in [0.05, 0.1) is 11.8 Å². The Bertz CT molecular complexity index is 492. The lowest BCUT2D eigenvalue weighted by Crippen LogP contribution is -2.03. The molecular weight excluding hydrogens is 227 g/mol. The highest BCUT2D eigenvalue weighted by Crippen LogP contribution is 2.37. The Hall–Kier alpha value is -1.30. The molecule has 0 aliphatic rings. The van der Waals surface area contributed by atoms with E-state index in [1.165, 1.54) is 7.11 Å². The molecule has 0 atom stereocenters. The summed E-state index contributed by atoms with van der Waals surface area (Å²) in [6, 6.07) is 4.81. The van der Waals surface area contributed by atoms with Crippen LogP contribution in [0.2, 0.25) is 0 Å². The van der Waals surface area contributed by atoms with Gasteiger partial charge in [-0.25, -0.2) is 4.98 Å². The summed E-state index contributed by atoms with van der Waals surface area (Å²) in [6.07, 6.45) is -4.39. The number of rotatable bonds is 1. The van der Waals surface area contributed by atoms with Crippen molar-refractivity contribution < 1.29 is 17.9 Å². The number of nitrogens with zero attached hydrogens (tertiary/aromatic N) is 1. The molecule has 0 saturated heterocycles. The fourth-order valence-electron chi connectivity index (χ4n) is 1.21. The number of hydrogen-bond donors (Lipinski definition) is 0. The van der Waals surface area contributed by atoms with Crippen LogP contribution in [0.25, 0.3) is 10.2 Å². The van der Waals surface area contributed by atoms with E-state index in [1.54, 1.807) is 18.2 Å². The Morgan fingerprint density at radius 1 is 1.33 bits per heavy atom. The van der Waals surface area contributed by atoms with Gasteiger partial charge in [0.25, 0.3) is 0 Å². The molecule has 0 N–H and O–H groups in total. The number of fused-ring (bicyclic) bond motifs is 1. The highest BCUT2D eigenvalue weighted by molar-refractivity contribution is 7.18. The van der Waals surface area contributed by atoms with Crippen molar-refractivity contribution >= 4 is 21.6 Å². The van der Waals surface area contributed by atoms with Gasteiger partial charge in [-0.15, -0.1) is 11.3 Å². The molecule has 0 aliphatic carbocycles. The van der Waals surface area contributed by atoms with Crippen molar-refractivity contribution in [1.29, 1.82) is 0 Å². The second kappa shape index (κ2) is 3.37. The molecule has 6 heteroatoms. The van der Waals surface area contributed by atoms with Gasteiger partial charge in [-0.2, -0.15) is 13.2 Å². The summed E-state index contributed by atoms with van der Waals surface area (Å²) >= 11 is 0.618. The van der Waals surface area contributed by atoms with E-state index in [0.717, 1.165) is 0 Å². The minimum absolute atomic E-state index is 0.261. The molecule has 15 heavy (non-hydrogen) atoms. The fraction of sp³-hybridized carbons (Fsp3) is 0.222. The summed E-state index contributed by atoms with van der Waals surface area (Å²) in [6.45, 7) is 0. The van der Waals surface area contributed by atoms with Crippen LogP contribution in [0.15, 0.2) is 18.2 Å². The normalized spacial score (nSPS) is 12.0. The first-order valence-electron chi connectivity index (χ1n) is 4.03. The van der Waals surface area contributed by atoms with E-state index in [9.17, 15) is 13.2 Å². The third kappa shape index (κ3) is 1.77. The average molecular weight is 233 g/mol. The lowest BCUT2D eigenvalue weighted by molar-refractivity contribution is -0.137. The Balaban J connectivity index is 2.65. The van der Waals surface area contributed by atoms with Gasteiger partial charge in [0.2, 0.25) is 0 Å². The highest BCUT2D eigenvalue weighted by atomic mass is 32.1. The monoisotopic (exact) mass is 233 g/mol. The van der Waals surface area contributed by atoms with Crippen LogP contribution >= 0.6 is 11.3 Å². The number of thiazole rings is 1. The lowest BCUT2D eigenvalue weighted by atomic mass is 10.3. The molecule has 0 saturated carbocycles. The van der Waals surface area contributed by atoms with Crippen molar-refractivity contribution in [1.82, 2.24) is 4.98 Å². The summed E-state index contributed by atoms with van der Waals surface area (Å²) in [7, 11) is 1.40. The van der Waals surface area contributed by atoms with Gasteiger partial charge in [-0.3, -0.25) is 0 Å². The van der Waals surface area contributed by atoms with Crippen LogP contribution in [0.3, 0.4) is 0 Å². The smallest absolute Gasteiger partial charge is 0.443 e. The molecule has 0 spiro atoms. The van der Waals surface area contributed by atoms with Gasteiger partial charge in [-0.1, -0.05) is 6.07 Å². The van der Waals surface area contributed by atoms with Crippen LogP contribution in [0, 0.1) is 0 Å². The molecule has 0 radical (unpaired) electrons. The van der Waals surface area contributed by atoms with Gasteiger partial charge in [-0.05, 0) is 12.1 Å². The first kappa shape index (κ1) is 10.2. The maximum Gasteiger partial charge on any atom is 0.443 e. The molecule has 2 rings (SSSR count). The predicted molar refractivity (Wildman–Crippen MR) is 51.2 cm³/mol. The lowest BCUT2D eigenvalue weighted by Gasteiger charge is -1.99. The number of aromatic nitrogens is 1. The minimum atomic E-state index is -4.39. The molecule has 0 bridgehead atoms. The standard InChI is InChI=1S/C9H6F3NOS/c1-14-5-3-2-4-6-7(5)13-8(15-6)9(10,11)12/h2-4H,1H3. The van der Waals surface area contributed by atoms with E-state index >= 15 is 0 Å². The van der Waals surface area contributed by atoms with E-state index < -0.39 is 11.2 Å². The zero-order valence-electron chi connectivity index (χ0n) is 7.63. The first-order valence-corrected chi connectivity index (χ1v) is 4.85. The highest BCUT2D eigenvalue weighted by Gasteiger charge is 2.35. The molecule has 2 aromatic rings. The van der Waals surface area contributed by atoms with E-state index in [2.05, 4.69) is 4.98 Å². The van der Waals surface area contributed by atoms with Crippen molar-refractivity contribution in [3.8, 4) is 5.75 Å². The molecule has 0 unspecified atom stereocenters. The number of para-hydroxylation sites is 1. The largest absolute Gasteiger partial charge is 0.494 e. The third-order valence-electron chi connectivity index (χ3n) is 1.84. The molecule has 1 heterocycles. The molecule has 1 aromatic carbocycles. The van der Waals surface area contributed by atoms with E-state index in [1.807, 2.05) is 0 Å². The molecule has 0 aliphatic heterocycles. The fourth-order valence-corrected chi connectivity index (χ4v) is 2.06. The van der Waals surface area contributed by atoms with Crippen LogP contribution in [0.5, 0.6) is 5.75 Å². The van der Waals surface area contributed by atoms with E-state index in [0.29, 0.717) is 21.8 Å². The Kier molecular flexibility index (Phi) is 2.30. The molecular formula is C9H6F3NOS. The van der Waals surface area contributed by atoms with Crippen molar-refractivity contribution in [2.24, 2.45) is 0 Å². The van der Waals surface area contributed by atoms with Crippen molar-refractivity contribution in [3.05, 3.63) is 23.2 Å². The topological polar surface area (TPSA) is 22.1 Å². The van der Waals surface area contributed by atoms with Crippen LogP contribution < -0.4 is 4.74 Å². The van der Waals surface area contributed by atoms with Crippen LogP contribution in [0.1, 0.15) is 5.01 Å². The van der Waals surface area contributed by atoms with Crippen LogP contribution in [-0.2, 0) is 6.18 Å². The van der Waals surface area contributed by atoms with Gasteiger partial charge in [0, 0.05) is 0 Å². The van der Waals surface area contributed by atoms with Crippen molar-refractivity contribution in [2.45, 2.75) is 6.18 Å². The molecule has 0 fully saturated rings. The number of ether oxygens (including phenoxy) is 1. The van der Waals surface area contributed by atoms with Gasteiger partial charge < -0.3 is 4.74 Å². The van der Waals surface area contributed by atoms with Crippen molar-refractivity contribution in [3.63, 3.8) is 0 Å². The number of halogens is 3. The summed E-state index contributed by atoms with van der Waals surface area (Å²) < 4.78 is 42.5. The molecule has 2 nitrogen and oxygen atoms in total. The van der Waals surface area contributed by atoms with Crippen LogP contribution in [-0.4, -0.2) is 12.1 Å². The number of alkyl halides is 3. The predicted octanol–water partition coefficient (Wildman–Crippen LogP) is 3.32. The van der Waals surface area contributed by atoms with Crippen molar-refractivity contribution in [2.75, 3.05) is 7.11 Å². The van der Waals surface area contributed by atoms with Gasteiger partial charge in [0.15, 0.2) is 5.01 Å². The number of hydrogen-bond acceptors (Lipinski definition) is 3. The molecule has 0 amide bonds. The maximum atomic E-state index is 12.4. The molecule has 80 valence electrons. The Morgan fingerprint density at radius 2 is 2.07 bits per heavy atom. The van der Waals surface area contributed by atoms with E-state index in [4.69, 9.17) is 4.74 Å². The average Bonchev–Trinajstić information content (AvgIpc) is 2.59. The summed E-state index contributed by atoms with van der Waals surface area (Å²) in [4.78, 5) is 3.52. The summed E-state index contributed by atoms with van der Waals surface area (Å²) in [5, 5.41) is -0.845. The second-order valence-corrected chi connectivity index (χ2v) is 3.85. The van der Waals surface area contributed by atoms with E-state index in [-0.39, 0.29) is 5.52 Å². The Labute approximate surface area is 87.3 Å². The number of methoxy groups -OCH3 is 1. The van der Waals surface area contributed by atoms with Gasteiger partial charge in [0.1, 0.15) is 11.3 Å². The SMILES string of the molecule is COc1cccc2sc(C(F)(F)F)nc12. The summed E-state index contributed by atoms with van der Waals surface area (Å²) in [5.74, 6) is 0.360. The third-order valence-corrected chi connectivity index (χ3v) is 2.91. The Morgan fingerprint density at radius 3 is 2.67 bits per heavy atom. The van der Waals surface area contributed by atoms with Gasteiger partial charge >= 0.3 is 6.18 Å². The second-order valence-electron chi connectivity index (χ2n) is 2.82. The quantitative estimate of drug-likeness (QED) is 0.753. The first-order chi connectivity index (χ1) is 7.02. The zero-order chi connectivity index (χ0) is 11.1. The maximum absolute atomic E-state index is 12.4.